The van der Waals surface area contributed by atoms with Gasteiger partial charge in [0.2, 0.25) is 5.89 Å². The van der Waals surface area contributed by atoms with Gasteiger partial charge in [-0.25, -0.2) is 4.79 Å². The fourth-order valence-electron chi connectivity index (χ4n) is 2.07. The lowest BCUT2D eigenvalue weighted by molar-refractivity contribution is -0.148. The molecule has 3 aromatic rings. The van der Waals surface area contributed by atoms with Crippen molar-refractivity contribution in [1.82, 2.24) is 10.2 Å². The second kappa shape index (κ2) is 7.96. The van der Waals surface area contributed by atoms with Crippen LogP contribution < -0.4 is 9.47 Å². The van der Waals surface area contributed by atoms with Crippen molar-refractivity contribution in [2.45, 2.75) is 6.61 Å². The van der Waals surface area contributed by atoms with E-state index in [2.05, 4.69) is 10.2 Å². The van der Waals surface area contributed by atoms with Crippen LogP contribution in [0.4, 0.5) is 0 Å². The molecule has 0 unspecified atom stereocenters. The van der Waals surface area contributed by atoms with Crippen LogP contribution in [0.2, 0.25) is 0 Å². The Morgan fingerprint density at radius 2 is 1.72 bits per heavy atom. The molecule has 0 saturated carbocycles. The lowest BCUT2D eigenvalue weighted by Gasteiger charge is -2.09. The second-order valence-electron chi connectivity index (χ2n) is 4.97. The first-order chi connectivity index (χ1) is 12.3. The van der Waals surface area contributed by atoms with Crippen LogP contribution in [0.1, 0.15) is 5.89 Å². The molecule has 0 aliphatic rings. The summed E-state index contributed by atoms with van der Waals surface area (Å²) in [6.07, 6.45) is 0. The third kappa shape index (κ3) is 4.35. The molecule has 1 aromatic heterocycles. The van der Waals surface area contributed by atoms with Crippen LogP contribution in [-0.4, -0.2) is 29.9 Å². The summed E-state index contributed by atoms with van der Waals surface area (Å²) >= 11 is 0. The van der Waals surface area contributed by atoms with Gasteiger partial charge in [-0.05, 0) is 24.3 Å². The maximum Gasteiger partial charge on any atom is 0.344 e. The van der Waals surface area contributed by atoms with Gasteiger partial charge in [0.25, 0.3) is 5.89 Å². The lowest BCUT2D eigenvalue weighted by Crippen LogP contribution is -2.15. The van der Waals surface area contributed by atoms with Gasteiger partial charge in [-0.3, -0.25) is 0 Å². The Hall–Kier alpha value is -3.35. The molecule has 7 heteroatoms. The molecule has 2 aromatic carbocycles. The number of carbonyl (C=O) groups excluding carboxylic acids is 1. The summed E-state index contributed by atoms with van der Waals surface area (Å²) in [5, 5.41) is 7.78. The highest BCUT2D eigenvalue weighted by atomic mass is 16.6. The van der Waals surface area contributed by atoms with Crippen LogP contribution in [0.5, 0.6) is 11.5 Å². The van der Waals surface area contributed by atoms with Gasteiger partial charge in [0.05, 0.1) is 7.11 Å². The fraction of sp³-hybridized carbons (Fsp3) is 0.167. The van der Waals surface area contributed by atoms with E-state index in [1.54, 1.807) is 18.2 Å². The van der Waals surface area contributed by atoms with Crippen LogP contribution in [0, 0.1) is 0 Å². The minimum Gasteiger partial charge on any atom is -0.493 e. The molecular formula is C18H16N2O5. The zero-order chi connectivity index (χ0) is 17.5. The van der Waals surface area contributed by atoms with Gasteiger partial charge < -0.3 is 18.6 Å². The van der Waals surface area contributed by atoms with Crippen LogP contribution in [0.15, 0.2) is 59.0 Å². The molecule has 25 heavy (non-hydrogen) atoms. The first-order valence-corrected chi connectivity index (χ1v) is 7.55. The van der Waals surface area contributed by atoms with Gasteiger partial charge in [0, 0.05) is 5.56 Å². The number of methoxy groups -OCH3 is 1. The zero-order valence-electron chi connectivity index (χ0n) is 13.5. The van der Waals surface area contributed by atoms with Crippen molar-refractivity contribution in [2.24, 2.45) is 0 Å². The predicted molar refractivity (Wildman–Crippen MR) is 88.0 cm³/mol. The summed E-state index contributed by atoms with van der Waals surface area (Å²) in [4.78, 5) is 11.8. The van der Waals surface area contributed by atoms with Crippen LogP contribution in [-0.2, 0) is 16.1 Å². The van der Waals surface area contributed by atoms with Gasteiger partial charge in [-0.15, -0.1) is 10.2 Å². The molecule has 7 nitrogen and oxygen atoms in total. The Bertz CT molecular complexity index is 832. The van der Waals surface area contributed by atoms with E-state index in [1.807, 2.05) is 36.4 Å². The zero-order valence-corrected chi connectivity index (χ0v) is 13.5. The molecule has 0 amide bonds. The van der Waals surface area contributed by atoms with Gasteiger partial charge in [-0.1, -0.05) is 30.3 Å². The average Bonchev–Trinajstić information content (AvgIpc) is 3.14. The number of carbonyl (C=O) groups is 1. The third-order valence-corrected chi connectivity index (χ3v) is 3.26. The average molecular weight is 340 g/mol. The van der Waals surface area contributed by atoms with Crippen molar-refractivity contribution < 1.29 is 23.4 Å². The fourth-order valence-corrected chi connectivity index (χ4v) is 2.07. The Labute approximate surface area is 144 Å². The Kier molecular flexibility index (Phi) is 5.26. The van der Waals surface area contributed by atoms with Crippen molar-refractivity contribution in [1.29, 1.82) is 0 Å². The molecule has 0 bridgehead atoms. The number of hydrogen-bond donors (Lipinski definition) is 0. The van der Waals surface area contributed by atoms with Crippen molar-refractivity contribution >= 4 is 5.97 Å². The van der Waals surface area contributed by atoms with Crippen LogP contribution in [0.25, 0.3) is 11.5 Å². The van der Waals surface area contributed by atoms with Gasteiger partial charge in [-0.2, -0.15) is 0 Å². The van der Waals surface area contributed by atoms with E-state index >= 15 is 0 Å². The molecule has 3 rings (SSSR count). The molecule has 0 atom stereocenters. The number of para-hydroxylation sites is 2. The third-order valence-electron chi connectivity index (χ3n) is 3.26. The van der Waals surface area contributed by atoms with E-state index in [9.17, 15) is 4.79 Å². The summed E-state index contributed by atoms with van der Waals surface area (Å²) in [7, 11) is 1.53. The van der Waals surface area contributed by atoms with Crippen LogP contribution >= 0.6 is 0 Å². The Morgan fingerprint density at radius 3 is 2.48 bits per heavy atom. The number of nitrogens with zero attached hydrogens (tertiary/aromatic N) is 2. The standard InChI is InChI=1S/C18H16N2O5/c1-22-14-9-5-6-10-15(14)23-12-17(21)24-11-16-19-20-18(25-16)13-7-3-2-4-8-13/h2-10H,11-12H2,1H3. The molecule has 0 spiro atoms. The monoisotopic (exact) mass is 340 g/mol. The summed E-state index contributed by atoms with van der Waals surface area (Å²) in [5.41, 5.74) is 0.798. The highest BCUT2D eigenvalue weighted by Crippen LogP contribution is 2.25. The van der Waals surface area contributed by atoms with E-state index in [1.165, 1.54) is 7.11 Å². The lowest BCUT2D eigenvalue weighted by atomic mass is 10.2. The topological polar surface area (TPSA) is 83.7 Å². The summed E-state index contributed by atoms with van der Waals surface area (Å²) in [6, 6.07) is 16.4. The summed E-state index contributed by atoms with van der Waals surface area (Å²) in [6.45, 7) is -0.367. The van der Waals surface area contributed by atoms with Crippen molar-refractivity contribution in [3.8, 4) is 23.0 Å². The maximum atomic E-state index is 11.8. The van der Waals surface area contributed by atoms with Gasteiger partial charge in [0.1, 0.15) is 0 Å². The molecule has 0 N–H and O–H groups in total. The maximum absolute atomic E-state index is 11.8. The van der Waals surface area contributed by atoms with E-state index in [4.69, 9.17) is 18.6 Å². The molecule has 0 aliphatic carbocycles. The Morgan fingerprint density at radius 1 is 1.00 bits per heavy atom. The highest BCUT2D eigenvalue weighted by Gasteiger charge is 2.12. The molecule has 0 aliphatic heterocycles. The predicted octanol–water partition coefficient (Wildman–Crippen LogP) is 2.87. The molecule has 1 heterocycles. The number of aromatic nitrogens is 2. The van der Waals surface area contributed by atoms with Crippen molar-refractivity contribution in [3.05, 3.63) is 60.5 Å². The van der Waals surface area contributed by atoms with E-state index in [-0.39, 0.29) is 19.1 Å². The molecular weight excluding hydrogens is 324 g/mol. The highest BCUT2D eigenvalue weighted by molar-refractivity contribution is 5.71. The van der Waals surface area contributed by atoms with E-state index in [0.29, 0.717) is 17.4 Å². The molecule has 0 fully saturated rings. The normalized spacial score (nSPS) is 10.3. The van der Waals surface area contributed by atoms with Crippen molar-refractivity contribution in [2.75, 3.05) is 13.7 Å². The van der Waals surface area contributed by atoms with E-state index in [0.717, 1.165) is 5.56 Å². The minimum absolute atomic E-state index is 0.117. The number of rotatable bonds is 7. The first-order valence-electron chi connectivity index (χ1n) is 7.55. The first kappa shape index (κ1) is 16.5. The number of esters is 1. The second-order valence-corrected chi connectivity index (χ2v) is 4.97. The van der Waals surface area contributed by atoms with Gasteiger partial charge >= 0.3 is 5.97 Å². The SMILES string of the molecule is COc1ccccc1OCC(=O)OCc1nnc(-c2ccccc2)o1. The number of ether oxygens (including phenoxy) is 3. The number of benzene rings is 2. The Balaban J connectivity index is 1.50. The molecule has 0 radical (unpaired) electrons. The number of hydrogen-bond acceptors (Lipinski definition) is 7. The summed E-state index contributed by atoms with van der Waals surface area (Å²) in [5.74, 6) is 1.04. The smallest absolute Gasteiger partial charge is 0.344 e. The summed E-state index contributed by atoms with van der Waals surface area (Å²) < 4.78 is 21.1. The van der Waals surface area contributed by atoms with Gasteiger partial charge in [0.15, 0.2) is 24.7 Å². The minimum atomic E-state index is -0.551. The van der Waals surface area contributed by atoms with Crippen molar-refractivity contribution in [3.63, 3.8) is 0 Å². The molecule has 0 saturated heterocycles. The molecule has 128 valence electrons. The van der Waals surface area contributed by atoms with E-state index < -0.39 is 5.97 Å². The quantitative estimate of drug-likeness (QED) is 0.611. The van der Waals surface area contributed by atoms with Crippen LogP contribution in [0.3, 0.4) is 0 Å². The largest absolute Gasteiger partial charge is 0.493 e.